The van der Waals surface area contributed by atoms with Crippen LogP contribution in [0.3, 0.4) is 0 Å². The molecular formula is C17H18N2O5. The number of aryl methyl sites for hydroxylation is 1. The third-order valence-corrected chi connectivity index (χ3v) is 3.62. The minimum atomic E-state index is -1.01. The highest BCUT2D eigenvalue weighted by atomic mass is 16.5. The van der Waals surface area contributed by atoms with Gasteiger partial charge in [0.05, 0.1) is 23.9 Å². The van der Waals surface area contributed by atoms with E-state index in [1.807, 2.05) is 0 Å². The van der Waals surface area contributed by atoms with Gasteiger partial charge in [0.15, 0.2) is 6.10 Å². The van der Waals surface area contributed by atoms with Crippen LogP contribution in [0.5, 0.6) is 0 Å². The average Bonchev–Trinajstić information content (AvgIpc) is 2.88. The summed E-state index contributed by atoms with van der Waals surface area (Å²) < 4.78 is 9.89. The molecule has 0 aliphatic rings. The highest BCUT2D eigenvalue weighted by molar-refractivity contribution is 6.04. The van der Waals surface area contributed by atoms with Crippen LogP contribution >= 0.6 is 0 Å². The van der Waals surface area contributed by atoms with Gasteiger partial charge in [0.2, 0.25) is 5.78 Å². The molecule has 1 N–H and O–H groups in total. The fourth-order valence-electron chi connectivity index (χ4n) is 2.37. The van der Waals surface area contributed by atoms with Gasteiger partial charge in [-0.1, -0.05) is 0 Å². The molecule has 0 amide bonds. The quantitative estimate of drug-likeness (QED) is 0.667. The Morgan fingerprint density at radius 1 is 1.21 bits per heavy atom. The molecule has 0 aromatic carbocycles. The molecule has 0 fully saturated rings. The van der Waals surface area contributed by atoms with E-state index in [1.54, 1.807) is 26.0 Å². The number of aromatic nitrogens is 2. The van der Waals surface area contributed by atoms with Crippen LogP contribution in [0.2, 0.25) is 0 Å². The number of carbonyl (C=O) groups excluding carboxylic acids is 3. The molecule has 2 heterocycles. The molecule has 0 saturated carbocycles. The lowest BCUT2D eigenvalue weighted by atomic mass is 10.1. The van der Waals surface area contributed by atoms with Gasteiger partial charge in [-0.2, -0.15) is 0 Å². The smallest absolute Gasteiger partial charge is 0.340 e. The number of Topliss-reactive ketones (excluding diaryl/α,β-unsaturated/α-hetero) is 1. The normalized spacial score (nSPS) is 11.7. The van der Waals surface area contributed by atoms with Crippen molar-refractivity contribution in [3.05, 3.63) is 52.6 Å². The van der Waals surface area contributed by atoms with E-state index in [0.717, 1.165) is 0 Å². The van der Waals surface area contributed by atoms with Crippen LogP contribution in [-0.2, 0) is 9.47 Å². The molecule has 0 aliphatic carbocycles. The van der Waals surface area contributed by atoms with Crippen LogP contribution in [-0.4, -0.2) is 40.9 Å². The lowest BCUT2D eigenvalue weighted by molar-refractivity contribution is 0.0316. The van der Waals surface area contributed by atoms with E-state index >= 15 is 0 Å². The molecule has 0 aliphatic heterocycles. The number of pyridine rings is 1. The number of carbonyl (C=O) groups is 3. The largest absolute Gasteiger partial charge is 0.465 e. The summed E-state index contributed by atoms with van der Waals surface area (Å²) in [7, 11) is 1.27. The van der Waals surface area contributed by atoms with Crippen molar-refractivity contribution in [2.45, 2.75) is 26.9 Å². The summed E-state index contributed by atoms with van der Waals surface area (Å²) in [5.41, 5.74) is 1.78. The number of aromatic amines is 1. The van der Waals surface area contributed by atoms with Crippen LogP contribution in [0, 0.1) is 13.8 Å². The van der Waals surface area contributed by atoms with Crippen LogP contribution in [0.25, 0.3) is 0 Å². The van der Waals surface area contributed by atoms with Crippen molar-refractivity contribution in [3.63, 3.8) is 0 Å². The van der Waals surface area contributed by atoms with Gasteiger partial charge >= 0.3 is 11.9 Å². The second-order valence-corrected chi connectivity index (χ2v) is 5.27. The van der Waals surface area contributed by atoms with Crippen LogP contribution in [0.15, 0.2) is 24.5 Å². The number of ketones is 1. The number of esters is 2. The Balaban J connectivity index is 2.20. The first kappa shape index (κ1) is 17.4. The number of ether oxygens (including phenoxy) is 2. The van der Waals surface area contributed by atoms with Crippen LogP contribution in [0.1, 0.15) is 49.4 Å². The second kappa shape index (κ2) is 7.08. The van der Waals surface area contributed by atoms with Crippen molar-refractivity contribution in [1.29, 1.82) is 0 Å². The zero-order valence-corrected chi connectivity index (χ0v) is 13.9. The first-order valence-electron chi connectivity index (χ1n) is 7.29. The predicted molar refractivity (Wildman–Crippen MR) is 85.1 cm³/mol. The number of nitrogens with one attached hydrogen (secondary N) is 1. The van der Waals surface area contributed by atoms with Gasteiger partial charge in [-0.25, -0.2) is 9.59 Å². The molecule has 126 valence electrons. The average molecular weight is 330 g/mol. The van der Waals surface area contributed by atoms with E-state index in [4.69, 9.17) is 9.47 Å². The van der Waals surface area contributed by atoms with E-state index in [2.05, 4.69) is 9.97 Å². The van der Waals surface area contributed by atoms with Gasteiger partial charge in [0.1, 0.15) is 0 Å². The third kappa shape index (κ3) is 3.34. The Morgan fingerprint density at radius 2 is 1.92 bits per heavy atom. The van der Waals surface area contributed by atoms with E-state index in [-0.39, 0.29) is 11.3 Å². The number of hydrogen-bond donors (Lipinski definition) is 1. The molecule has 2 aromatic rings. The number of rotatable bonds is 5. The molecule has 0 radical (unpaired) electrons. The number of hydrogen-bond acceptors (Lipinski definition) is 6. The summed E-state index contributed by atoms with van der Waals surface area (Å²) >= 11 is 0. The SMILES string of the molecule is COC(=O)c1c(C)[nH]c(C(=O)[C@H](C)OC(=O)c2cccnc2)c1C. The lowest BCUT2D eigenvalue weighted by Crippen LogP contribution is -2.25. The summed E-state index contributed by atoms with van der Waals surface area (Å²) in [4.78, 5) is 43.0. The van der Waals surface area contributed by atoms with Crippen molar-refractivity contribution < 1.29 is 23.9 Å². The maximum atomic E-state index is 12.5. The minimum absolute atomic E-state index is 0.222. The zero-order chi connectivity index (χ0) is 17.9. The summed E-state index contributed by atoms with van der Waals surface area (Å²) in [5, 5.41) is 0. The fraction of sp³-hybridized carbons (Fsp3) is 0.294. The van der Waals surface area contributed by atoms with Gasteiger partial charge in [-0.15, -0.1) is 0 Å². The minimum Gasteiger partial charge on any atom is -0.465 e. The topological polar surface area (TPSA) is 98.4 Å². The van der Waals surface area contributed by atoms with Crippen molar-refractivity contribution >= 4 is 17.7 Å². The Bertz CT molecular complexity index is 780. The molecule has 0 bridgehead atoms. The van der Waals surface area contributed by atoms with Gasteiger partial charge in [0, 0.05) is 18.1 Å². The molecular weight excluding hydrogens is 312 g/mol. The van der Waals surface area contributed by atoms with Crippen molar-refractivity contribution in [1.82, 2.24) is 9.97 Å². The van der Waals surface area contributed by atoms with E-state index in [0.29, 0.717) is 16.8 Å². The number of methoxy groups -OCH3 is 1. The maximum Gasteiger partial charge on any atom is 0.340 e. The lowest BCUT2D eigenvalue weighted by Gasteiger charge is -2.12. The molecule has 0 saturated heterocycles. The predicted octanol–water partition coefficient (Wildman–Crippen LogP) is 2.24. The summed E-state index contributed by atoms with van der Waals surface area (Å²) in [6, 6.07) is 3.15. The Kier molecular flexibility index (Phi) is 5.13. The molecule has 0 spiro atoms. The maximum absolute atomic E-state index is 12.5. The molecule has 1 atom stereocenters. The van der Waals surface area contributed by atoms with Crippen molar-refractivity contribution in [2.75, 3.05) is 7.11 Å². The van der Waals surface area contributed by atoms with Gasteiger partial charge < -0.3 is 14.5 Å². The number of nitrogens with zero attached hydrogens (tertiary/aromatic N) is 1. The first-order chi connectivity index (χ1) is 11.4. The number of H-pyrrole nitrogens is 1. The van der Waals surface area contributed by atoms with Gasteiger partial charge in [-0.05, 0) is 38.5 Å². The highest BCUT2D eigenvalue weighted by Crippen LogP contribution is 2.21. The van der Waals surface area contributed by atoms with E-state index < -0.39 is 23.8 Å². The van der Waals surface area contributed by atoms with Gasteiger partial charge in [0.25, 0.3) is 0 Å². The summed E-state index contributed by atoms with van der Waals surface area (Å²) in [5.74, 6) is -1.60. The Labute approximate surface area is 139 Å². The monoisotopic (exact) mass is 330 g/mol. The fourth-order valence-corrected chi connectivity index (χ4v) is 2.37. The van der Waals surface area contributed by atoms with Gasteiger partial charge in [-0.3, -0.25) is 9.78 Å². The molecule has 7 nitrogen and oxygen atoms in total. The first-order valence-corrected chi connectivity index (χ1v) is 7.29. The summed E-state index contributed by atoms with van der Waals surface area (Å²) in [6.07, 6.45) is 1.88. The van der Waals surface area contributed by atoms with E-state index in [1.165, 1.54) is 26.4 Å². The van der Waals surface area contributed by atoms with Crippen LogP contribution < -0.4 is 0 Å². The standard InChI is InChI=1S/C17H18N2O5/c1-9-13(17(22)23-4)10(2)19-14(9)15(20)11(3)24-16(21)12-6-5-7-18-8-12/h5-8,11,19H,1-4H3/t11-/m0/s1. The Hall–Kier alpha value is -2.96. The molecule has 2 rings (SSSR count). The Morgan fingerprint density at radius 3 is 2.50 bits per heavy atom. The van der Waals surface area contributed by atoms with E-state index in [9.17, 15) is 14.4 Å². The van der Waals surface area contributed by atoms with Crippen LogP contribution in [0.4, 0.5) is 0 Å². The molecule has 24 heavy (non-hydrogen) atoms. The molecule has 2 aromatic heterocycles. The van der Waals surface area contributed by atoms with Crippen molar-refractivity contribution in [2.24, 2.45) is 0 Å². The second-order valence-electron chi connectivity index (χ2n) is 5.27. The summed E-state index contributed by atoms with van der Waals surface area (Å²) in [6.45, 7) is 4.78. The third-order valence-electron chi connectivity index (χ3n) is 3.62. The highest BCUT2D eigenvalue weighted by Gasteiger charge is 2.27. The molecule has 7 heteroatoms. The zero-order valence-electron chi connectivity index (χ0n) is 13.9. The van der Waals surface area contributed by atoms with Crippen molar-refractivity contribution in [3.8, 4) is 0 Å². The molecule has 0 unspecified atom stereocenters.